The van der Waals surface area contributed by atoms with Crippen LogP contribution < -0.4 is 4.90 Å². The first-order valence-corrected chi connectivity index (χ1v) is 12.8. The van der Waals surface area contributed by atoms with E-state index in [1.165, 1.54) is 29.7 Å². The van der Waals surface area contributed by atoms with E-state index in [1.807, 2.05) is 0 Å². The molecule has 3 aliphatic rings. The number of nitrogens with zero attached hydrogens (tertiary/aromatic N) is 4. The van der Waals surface area contributed by atoms with E-state index in [0.29, 0.717) is 17.3 Å². The van der Waals surface area contributed by atoms with Crippen LogP contribution in [0.5, 0.6) is 0 Å². The van der Waals surface area contributed by atoms with Crippen LogP contribution in [0.1, 0.15) is 53.5 Å². The lowest BCUT2D eigenvalue weighted by Gasteiger charge is -2.32. The number of methoxy groups -OCH3 is 1. The number of hydrogen-bond donors (Lipinski definition) is 0. The number of piperidine rings is 1. The fourth-order valence-corrected chi connectivity index (χ4v) is 5.68. The van der Waals surface area contributed by atoms with E-state index in [9.17, 15) is 23.6 Å². The Morgan fingerprint density at radius 1 is 1.11 bits per heavy atom. The number of aromatic nitrogens is 2. The van der Waals surface area contributed by atoms with Crippen molar-refractivity contribution < 1.29 is 28.3 Å². The molecule has 2 heterocycles. The number of carbonyl (C=O) groups excluding carboxylic acids is 4. The molecule has 1 aliphatic heterocycles. The highest BCUT2D eigenvalue weighted by Gasteiger charge is 2.57. The first-order chi connectivity index (χ1) is 18.3. The number of amides is 2. The van der Waals surface area contributed by atoms with Gasteiger partial charge in [0.2, 0.25) is 11.8 Å². The van der Waals surface area contributed by atoms with E-state index in [4.69, 9.17) is 4.74 Å². The van der Waals surface area contributed by atoms with Crippen molar-refractivity contribution in [1.29, 1.82) is 0 Å². The number of likely N-dealkylation sites (tertiary alicyclic amines) is 1. The minimum Gasteiger partial charge on any atom is -0.465 e. The Labute approximate surface area is 218 Å². The summed E-state index contributed by atoms with van der Waals surface area (Å²) in [5.41, 5.74) is 1.16. The summed E-state index contributed by atoms with van der Waals surface area (Å²) >= 11 is 0. The number of Topliss-reactive ketones (excluding diaryl/α,β-unsaturated/α-hetero) is 1. The number of hydrogen-bond acceptors (Lipinski definition) is 6. The molecular formula is C28H27FN4O5. The van der Waals surface area contributed by atoms with Crippen molar-refractivity contribution in [3.05, 3.63) is 59.5 Å². The quantitative estimate of drug-likeness (QED) is 0.351. The maximum atomic E-state index is 14.7. The topological polar surface area (TPSA) is 102 Å². The van der Waals surface area contributed by atoms with E-state index in [1.54, 1.807) is 41.3 Å². The number of rotatable bonds is 7. The fraction of sp³-hybridized carbons (Fsp3) is 0.393. The third-order valence-electron chi connectivity index (χ3n) is 7.73. The molecule has 2 aromatic carbocycles. The number of ketones is 1. The number of ether oxygens (including phenoxy) is 1. The van der Waals surface area contributed by atoms with Crippen LogP contribution in [0.15, 0.2) is 42.5 Å². The molecular weight excluding hydrogens is 491 g/mol. The second kappa shape index (κ2) is 9.04. The van der Waals surface area contributed by atoms with Crippen molar-refractivity contribution in [1.82, 2.24) is 14.7 Å². The molecule has 9 nitrogen and oxygen atoms in total. The molecule has 2 saturated carbocycles. The normalized spacial score (nSPS) is 21.8. The van der Waals surface area contributed by atoms with Gasteiger partial charge in [-0.1, -0.05) is 12.1 Å². The van der Waals surface area contributed by atoms with Crippen LogP contribution in [-0.4, -0.2) is 63.5 Å². The molecule has 1 saturated heterocycles. The Morgan fingerprint density at radius 2 is 1.87 bits per heavy atom. The summed E-state index contributed by atoms with van der Waals surface area (Å²) in [6, 6.07) is 10.1. The zero-order valence-corrected chi connectivity index (χ0v) is 21.1. The molecule has 1 aromatic heterocycles. The average molecular weight is 519 g/mol. The van der Waals surface area contributed by atoms with Crippen molar-refractivity contribution in [3.8, 4) is 0 Å². The van der Waals surface area contributed by atoms with Gasteiger partial charge in [0.25, 0.3) is 0 Å². The second-order valence-corrected chi connectivity index (χ2v) is 10.3. The van der Waals surface area contributed by atoms with E-state index in [0.717, 1.165) is 19.3 Å². The van der Waals surface area contributed by atoms with E-state index < -0.39 is 17.8 Å². The summed E-state index contributed by atoms with van der Waals surface area (Å²) in [6.07, 6.45) is 2.95. The van der Waals surface area contributed by atoms with Crippen LogP contribution >= 0.6 is 0 Å². The monoisotopic (exact) mass is 518 g/mol. The third-order valence-corrected chi connectivity index (χ3v) is 7.73. The van der Waals surface area contributed by atoms with Crippen LogP contribution in [-0.2, 0) is 20.9 Å². The highest BCUT2D eigenvalue weighted by Crippen LogP contribution is 2.49. The van der Waals surface area contributed by atoms with Crippen molar-refractivity contribution in [2.24, 2.45) is 5.92 Å². The van der Waals surface area contributed by atoms with Gasteiger partial charge in [0, 0.05) is 24.4 Å². The molecule has 0 N–H and O–H groups in total. The van der Waals surface area contributed by atoms with Gasteiger partial charge in [-0.05, 0) is 61.9 Å². The zero-order valence-electron chi connectivity index (χ0n) is 21.1. The maximum Gasteiger partial charge on any atom is 0.337 e. The largest absolute Gasteiger partial charge is 0.465 e. The minimum atomic E-state index is -0.689. The van der Waals surface area contributed by atoms with Crippen LogP contribution in [0.3, 0.4) is 0 Å². The van der Waals surface area contributed by atoms with Crippen LogP contribution in [0.2, 0.25) is 0 Å². The number of fused-ring (bicyclic) bond motifs is 2. The molecule has 2 aliphatic carbocycles. The summed E-state index contributed by atoms with van der Waals surface area (Å²) in [5.74, 6) is -1.61. The van der Waals surface area contributed by atoms with Gasteiger partial charge in [-0.25, -0.2) is 9.18 Å². The number of anilines is 1. The van der Waals surface area contributed by atoms with Gasteiger partial charge in [-0.15, -0.1) is 0 Å². The van der Waals surface area contributed by atoms with Gasteiger partial charge in [-0.3, -0.25) is 19.1 Å². The van der Waals surface area contributed by atoms with Crippen molar-refractivity contribution in [3.63, 3.8) is 0 Å². The summed E-state index contributed by atoms with van der Waals surface area (Å²) in [7, 11) is 1.27. The Morgan fingerprint density at radius 3 is 2.55 bits per heavy atom. The molecule has 3 atom stereocenters. The molecule has 0 radical (unpaired) electrons. The molecule has 6 rings (SSSR count). The Hall–Kier alpha value is -4.08. The number of para-hydroxylation sites is 1. The van der Waals surface area contributed by atoms with Gasteiger partial charge in [0.1, 0.15) is 24.1 Å². The molecule has 0 spiro atoms. The smallest absolute Gasteiger partial charge is 0.337 e. The minimum absolute atomic E-state index is 0.0437. The molecule has 2 amide bonds. The Balaban J connectivity index is 1.31. The predicted octanol–water partition coefficient (Wildman–Crippen LogP) is 3.35. The number of carbonyl (C=O) groups is 4. The third kappa shape index (κ3) is 4.04. The van der Waals surface area contributed by atoms with Gasteiger partial charge in [-0.2, -0.15) is 5.10 Å². The standard InChI is InChI=1S/C28H27FN4O5/c1-15(34)26-19-10-7-16(28(37)38-2)11-23(19)31(30-26)14-25(35)33-22-12-17(22)13-24(33)27(36)32(18-8-9-18)21-6-4-3-5-20(21)29/h3-7,10-11,17-18,22,24H,8-9,12-14H2,1-2H3/t17-,22-,24+/m1/s1. The summed E-state index contributed by atoms with van der Waals surface area (Å²) in [6.45, 7) is 1.19. The van der Waals surface area contributed by atoms with Crippen LogP contribution in [0.4, 0.5) is 10.1 Å². The average Bonchev–Trinajstić information content (AvgIpc) is 3.83. The molecule has 3 aromatic rings. The highest BCUT2D eigenvalue weighted by molar-refractivity contribution is 6.07. The SMILES string of the molecule is COC(=O)c1ccc2c(C(C)=O)nn(CC(=O)N3[C@@H]4C[C@@H]4C[C@H]3C(=O)N(c3ccccc3F)C3CC3)c2c1. The lowest BCUT2D eigenvalue weighted by Crippen LogP contribution is -2.51. The Bertz CT molecular complexity index is 1500. The first kappa shape index (κ1) is 24.3. The first-order valence-electron chi connectivity index (χ1n) is 12.8. The zero-order chi connectivity index (χ0) is 26.7. The van der Waals surface area contributed by atoms with Crippen LogP contribution in [0, 0.1) is 11.7 Å². The van der Waals surface area contributed by atoms with Crippen molar-refractivity contribution >= 4 is 40.2 Å². The fourth-order valence-electron chi connectivity index (χ4n) is 5.68. The Kier molecular flexibility index (Phi) is 5.77. The lowest BCUT2D eigenvalue weighted by atomic mass is 10.1. The predicted molar refractivity (Wildman–Crippen MR) is 135 cm³/mol. The van der Waals surface area contributed by atoms with Crippen LogP contribution in [0.25, 0.3) is 10.9 Å². The van der Waals surface area contributed by atoms with Gasteiger partial charge in [0.15, 0.2) is 5.78 Å². The van der Waals surface area contributed by atoms with Gasteiger partial charge < -0.3 is 14.5 Å². The van der Waals surface area contributed by atoms with Gasteiger partial charge >= 0.3 is 5.97 Å². The molecule has 196 valence electrons. The number of benzene rings is 2. The molecule has 10 heteroatoms. The summed E-state index contributed by atoms with van der Waals surface area (Å²) in [4.78, 5) is 55.1. The van der Waals surface area contributed by atoms with Crippen molar-refractivity contribution in [2.45, 2.75) is 57.3 Å². The molecule has 38 heavy (non-hydrogen) atoms. The highest BCUT2D eigenvalue weighted by atomic mass is 19.1. The molecule has 3 fully saturated rings. The summed E-state index contributed by atoms with van der Waals surface area (Å²) in [5, 5.41) is 4.91. The van der Waals surface area contributed by atoms with E-state index in [2.05, 4.69) is 5.10 Å². The number of esters is 1. The van der Waals surface area contributed by atoms with E-state index in [-0.39, 0.29) is 59.1 Å². The lowest BCUT2D eigenvalue weighted by molar-refractivity contribution is -0.139. The van der Waals surface area contributed by atoms with E-state index >= 15 is 0 Å². The maximum absolute atomic E-state index is 14.7. The second-order valence-electron chi connectivity index (χ2n) is 10.3. The number of halogens is 1. The van der Waals surface area contributed by atoms with Crippen molar-refractivity contribution in [2.75, 3.05) is 12.0 Å². The summed E-state index contributed by atoms with van der Waals surface area (Å²) < 4.78 is 20.9. The molecule has 0 bridgehead atoms. The molecule has 0 unspecified atom stereocenters. The van der Waals surface area contributed by atoms with Gasteiger partial charge in [0.05, 0.1) is 23.9 Å².